The molecule has 0 spiro atoms. The summed E-state index contributed by atoms with van der Waals surface area (Å²) >= 11 is 0. The minimum absolute atomic E-state index is 0.308. The van der Waals surface area contributed by atoms with Gasteiger partial charge in [-0.25, -0.2) is 0 Å². The molecule has 0 aliphatic heterocycles. The molecule has 3 aliphatic rings. The summed E-state index contributed by atoms with van der Waals surface area (Å²) in [5.74, 6) is 4.54. The number of hydrogen-bond acceptors (Lipinski definition) is 2. The predicted octanol–water partition coefficient (Wildman–Crippen LogP) is 3.87. The molecule has 0 aromatic heterocycles. The Morgan fingerprint density at radius 1 is 1.25 bits per heavy atom. The van der Waals surface area contributed by atoms with Gasteiger partial charge in [0.05, 0.1) is 12.2 Å². The minimum atomic E-state index is 0.308. The van der Waals surface area contributed by atoms with Gasteiger partial charge in [-0.1, -0.05) is 11.6 Å². The van der Waals surface area contributed by atoms with Crippen LogP contribution in [0.25, 0.3) is 0 Å². The maximum atomic E-state index is 12.9. The van der Waals surface area contributed by atoms with Gasteiger partial charge in [-0.3, -0.25) is 4.79 Å². The molecule has 0 radical (unpaired) electrons. The third-order valence-electron chi connectivity index (χ3n) is 5.74. The summed E-state index contributed by atoms with van der Waals surface area (Å²) in [6.07, 6.45) is 4.12. The molecule has 4 rings (SSSR count). The van der Waals surface area contributed by atoms with Crippen molar-refractivity contribution >= 4 is 5.78 Å². The van der Waals surface area contributed by atoms with Gasteiger partial charge in [0.1, 0.15) is 5.75 Å². The molecule has 0 saturated heterocycles. The van der Waals surface area contributed by atoms with E-state index in [0.717, 1.165) is 28.7 Å². The first-order valence-corrected chi connectivity index (χ1v) is 7.98. The molecule has 4 unspecified atom stereocenters. The van der Waals surface area contributed by atoms with Crippen molar-refractivity contribution in [3.8, 4) is 5.75 Å². The number of benzene rings is 1. The van der Waals surface area contributed by atoms with Crippen LogP contribution in [0.3, 0.4) is 0 Å². The normalized spacial score (nSPS) is 36.8. The molecule has 0 heterocycles. The SMILES string of the molecule is CCOc1ccc(C)cc1C(=O)C1C2C3CCC(C3)C12. The molecule has 3 saturated carbocycles. The lowest BCUT2D eigenvalue weighted by atomic mass is 9.95. The van der Waals surface area contributed by atoms with Gasteiger partial charge in [-0.2, -0.15) is 0 Å². The van der Waals surface area contributed by atoms with E-state index in [1.165, 1.54) is 19.3 Å². The van der Waals surface area contributed by atoms with Gasteiger partial charge in [0, 0.05) is 5.92 Å². The molecule has 4 atom stereocenters. The van der Waals surface area contributed by atoms with Crippen molar-refractivity contribution in [3.63, 3.8) is 0 Å². The zero-order valence-electron chi connectivity index (χ0n) is 12.3. The van der Waals surface area contributed by atoms with Crippen LogP contribution >= 0.6 is 0 Å². The first-order valence-electron chi connectivity index (χ1n) is 7.98. The zero-order valence-corrected chi connectivity index (χ0v) is 12.3. The number of hydrogen-bond donors (Lipinski definition) is 0. The predicted molar refractivity (Wildman–Crippen MR) is 78.0 cm³/mol. The van der Waals surface area contributed by atoms with Gasteiger partial charge >= 0.3 is 0 Å². The van der Waals surface area contributed by atoms with Gasteiger partial charge in [0.25, 0.3) is 0 Å². The van der Waals surface area contributed by atoms with Gasteiger partial charge in [-0.05, 0) is 68.9 Å². The maximum absolute atomic E-state index is 12.9. The lowest BCUT2D eigenvalue weighted by Gasteiger charge is -2.12. The standard InChI is InChI=1S/C18H22O2/c1-3-20-14-7-4-10(2)8-13(14)18(19)17-15-11-5-6-12(9-11)16(15)17/h4,7-8,11-12,15-17H,3,5-6,9H2,1-2H3. The van der Waals surface area contributed by atoms with Crippen molar-refractivity contribution in [3.05, 3.63) is 29.3 Å². The molecule has 106 valence electrons. The van der Waals surface area contributed by atoms with E-state index in [-0.39, 0.29) is 0 Å². The highest BCUT2D eigenvalue weighted by Gasteiger charge is 2.67. The van der Waals surface area contributed by atoms with Crippen LogP contribution in [0.4, 0.5) is 0 Å². The fourth-order valence-electron chi connectivity index (χ4n) is 4.97. The molecule has 2 nitrogen and oxygen atoms in total. The van der Waals surface area contributed by atoms with Gasteiger partial charge in [-0.15, -0.1) is 0 Å². The fraction of sp³-hybridized carbons (Fsp3) is 0.611. The van der Waals surface area contributed by atoms with Crippen LogP contribution in [0.1, 0.15) is 42.1 Å². The van der Waals surface area contributed by atoms with Crippen molar-refractivity contribution in [2.45, 2.75) is 33.1 Å². The maximum Gasteiger partial charge on any atom is 0.170 e. The highest BCUT2D eigenvalue weighted by atomic mass is 16.5. The fourth-order valence-corrected chi connectivity index (χ4v) is 4.97. The Morgan fingerprint density at radius 3 is 2.60 bits per heavy atom. The summed E-state index contributed by atoms with van der Waals surface area (Å²) in [6, 6.07) is 6.00. The molecular formula is C18H22O2. The van der Waals surface area contributed by atoms with Crippen LogP contribution in [-0.2, 0) is 0 Å². The zero-order chi connectivity index (χ0) is 13.9. The lowest BCUT2D eigenvalue weighted by Crippen LogP contribution is -2.12. The smallest absolute Gasteiger partial charge is 0.170 e. The molecule has 1 aromatic rings. The molecule has 2 heteroatoms. The summed E-state index contributed by atoms with van der Waals surface area (Å²) in [6.45, 7) is 4.64. The van der Waals surface area contributed by atoms with Gasteiger partial charge in [0.15, 0.2) is 5.78 Å². The van der Waals surface area contributed by atoms with Gasteiger partial charge in [0.2, 0.25) is 0 Å². The molecule has 2 bridgehead atoms. The molecule has 1 aromatic carbocycles. The van der Waals surface area contributed by atoms with Crippen molar-refractivity contribution in [1.82, 2.24) is 0 Å². The third-order valence-corrected chi connectivity index (χ3v) is 5.74. The number of ether oxygens (including phenoxy) is 1. The summed E-state index contributed by atoms with van der Waals surface area (Å²) in [7, 11) is 0. The van der Waals surface area contributed by atoms with E-state index in [0.29, 0.717) is 30.1 Å². The van der Waals surface area contributed by atoms with E-state index in [4.69, 9.17) is 4.74 Å². The summed E-state index contributed by atoms with van der Waals surface area (Å²) in [5.41, 5.74) is 1.97. The van der Waals surface area contributed by atoms with Gasteiger partial charge < -0.3 is 4.74 Å². The van der Waals surface area contributed by atoms with E-state index in [1.54, 1.807) is 0 Å². The van der Waals surface area contributed by atoms with Crippen molar-refractivity contribution in [2.75, 3.05) is 6.61 Å². The average molecular weight is 270 g/mol. The first-order chi connectivity index (χ1) is 9.70. The van der Waals surface area contributed by atoms with Crippen molar-refractivity contribution < 1.29 is 9.53 Å². The number of carbonyl (C=O) groups excluding carboxylic acids is 1. The Kier molecular flexibility index (Phi) is 2.70. The second-order valence-electron chi connectivity index (χ2n) is 6.81. The van der Waals surface area contributed by atoms with E-state index in [9.17, 15) is 4.79 Å². The monoisotopic (exact) mass is 270 g/mol. The Bertz CT molecular complexity index is 547. The highest BCUT2D eigenvalue weighted by Crippen LogP contribution is 2.70. The van der Waals surface area contributed by atoms with E-state index in [2.05, 4.69) is 0 Å². The number of rotatable bonds is 4. The van der Waals surface area contributed by atoms with Crippen LogP contribution in [0.15, 0.2) is 18.2 Å². The number of carbonyl (C=O) groups is 1. The molecule has 20 heavy (non-hydrogen) atoms. The Morgan fingerprint density at radius 2 is 1.95 bits per heavy atom. The van der Waals surface area contributed by atoms with E-state index < -0.39 is 0 Å². The number of fused-ring (bicyclic) bond motifs is 5. The molecular weight excluding hydrogens is 248 g/mol. The van der Waals surface area contributed by atoms with Crippen LogP contribution in [0.2, 0.25) is 0 Å². The van der Waals surface area contributed by atoms with Crippen LogP contribution in [0.5, 0.6) is 5.75 Å². The lowest BCUT2D eigenvalue weighted by molar-refractivity contribution is 0.0940. The van der Waals surface area contributed by atoms with E-state index in [1.807, 2.05) is 32.0 Å². The number of Topliss-reactive ketones (excluding diaryl/α,β-unsaturated/α-hetero) is 1. The van der Waals surface area contributed by atoms with Crippen molar-refractivity contribution in [2.24, 2.45) is 29.6 Å². The second kappa shape index (κ2) is 4.34. The number of aryl methyl sites for hydroxylation is 1. The molecule has 0 N–H and O–H groups in total. The van der Waals surface area contributed by atoms with Crippen LogP contribution in [0, 0.1) is 36.5 Å². The quantitative estimate of drug-likeness (QED) is 0.776. The summed E-state index contributed by atoms with van der Waals surface area (Å²) < 4.78 is 5.66. The second-order valence-corrected chi connectivity index (χ2v) is 6.81. The first kappa shape index (κ1) is 12.4. The summed E-state index contributed by atoms with van der Waals surface area (Å²) in [4.78, 5) is 12.9. The Labute approximate surface area is 120 Å². The van der Waals surface area contributed by atoms with E-state index >= 15 is 0 Å². The average Bonchev–Trinajstić information content (AvgIpc) is 2.88. The molecule has 3 fully saturated rings. The number of ketones is 1. The van der Waals surface area contributed by atoms with Crippen molar-refractivity contribution in [1.29, 1.82) is 0 Å². The Balaban J connectivity index is 1.62. The molecule has 0 amide bonds. The minimum Gasteiger partial charge on any atom is -0.493 e. The highest BCUT2D eigenvalue weighted by molar-refractivity contribution is 6.02. The summed E-state index contributed by atoms with van der Waals surface area (Å²) in [5, 5.41) is 0. The topological polar surface area (TPSA) is 26.3 Å². The largest absolute Gasteiger partial charge is 0.493 e. The van der Waals surface area contributed by atoms with Crippen LogP contribution in [-0.4, -0.2) is 12.4 Å². The Hall–Kier alpha value is -1.31. The van der Waals surface area contributed by atoms with Crippen LogP contribution < -0.4 is 4.74 Å². The molecule has 3 aliphatic carbocycles. The third kappa shape index (κ3) is 1.66.